The Morgan fingerprint density at radius 2 is 1.27 bits per heavy atom. The number of rotatable bonds is 9. The van der Waals surface area contributed by atoms with E-state index in [0.29, 0.717) is 42.6 Å². The van der Waals surface area contributed by atoms with E-state index >= 15 is 0 Å². The molecule has 5 heteroatoms. The Hall–Kier alpha value is -2.87. The molecule has 0 saturated heterocycles. The third-order valence-electron chi connectivity index (χ3n) is 4.08. The van der Waals surface area contributed by atoms with Gasteiger partial charge in [0.1, 0.15) is 0 Å². The van der Waals surface area contributed by atoms with E-state index in [-0.39, 0.29) is 5.92 Å². The summed E-state index contributed by atoms with van der Waals surface area (Å²) in [4.78, 5) is 0. The van der Waals surface area contributed by atoms with Crippen molar-refractivity contribution in [3.05, 3.63) is 47.5 Å². The molecule has 0 atom stereocenters. The number of hydrogen-bond donors (Lipinski definition) is 0. The van der Waals surface area contributed by atoms with Crippen LogP contribution in [0.5, 0.6) is 23.0 Å². The largest absolute Gasteiger partial charge is 0.493 e. The standard InChI is InChI=1S/C21H25NO4/c1-5-25-20-13-15(7-9-18(20)23-3)17(11-12-22)16-8-10-19(24-4)21(14-16)26-6-2/h7-10,13-14,17H,5-6,11H2,1-4H3. The van der Waals surface area contributed by atoms with E-state index in [0.717, 1.165) is 11.1 Å². The molecule has 0 fully saturated rings. The van der Waals surface area contributed by atoms with Gasteiger partial charge in [0.15, 0.2) is 23.0 Å². The van der Waals surface area contributed by atoms with Gasteiger partial charge in [0.25, 0.3) is 0 Å². The molecule has 0 spiro atoms. The van der Waals surface area contributed by atoms with Crippen molar-refractivity contribution in [2.75, 3.05) is 27.4 Å². The molecule has 0 radical (unpaired) electrons. The molecule has 0 saturated carbocycles. The summed E-state index contributed by atoms with van der Waals surface area (Å²) < 4.78 is 22.1. The van der Waals surface area contributed by atoms with Crippen LogP contribution < -0.4 is 18.9 Å². The summed E-state index contributed by atoms with van der Waals surface area (Å²) in [5.41, 5.74) is 1.98. The van der Waals surface area contributed by atoms with Gasteiger partial charge >= 0.3 is 0 Å². The molecule has 0 bridgehead atoms. The minimum absolute atomic E-state index is 0.102. The highest BCUT2D eigenvalue weighted by molar-refractivity contribution is 5.49. The highest BCUT2D eigenvalue weighted by Crippen LogP contribution is 2.38. The summed E-state index contributed by atoms with van der Waals surface area (Å²) >= 11 is 0. The molecule has 138 valence electrons. The predicted molar refractivity (Wildman–Crippen MR) is 100 cm³/mol. The Morgan fingerprint density at radius 3 is 1.62 bits per heavy atom. The maximum absolute atomic E-state index is 9.34. The van der Waals surface area contributed by atoms with E-state index in [9.17, 15) is 5.26 Å². The van der Waals surface area contributed by atoms with E-state index in [1.54, 1.807) is 14.2 Å². The molecule has 0 aliphatic carbocycles. The average Bonchev–Trinajstić information content (AvgIpc) is 2.66. The number of hydrogen-bond acceptors (Lipinski definition) is 5. The second-order valence-corrected chi connectivity index (χ2v) is 5.60. The van der Waals surface area contributed by atoms with Gasteiger partial charge in [-0.2, -0.15) is 5.26 Å². The third kappa shape index (κ3) is 4.40. The number of methoxy groups -OCH3 is 2. The van der Waals surface area contributed by atoms with Gasteiger partial charge in [-0.3, -0.25) is 0 Å². The Labute approximate surface area is 155 Å². The number of nitrogens with zero attached hydrogens (tertiary/aromatic N) is 1. The highest BCUT2D eigenvalue weighted by Gasteiger charge is 2.19. The molecule has 0 aliphatic heterocycles. The molecular weight excluding hydrogens is 330 g/mol. The van der Waals surface area contributed by atoms with Crippen molar-refractivity contribution >= 4 is 0 Å². The molecule has 0 aliphatic rings. The minimum Gasteiger partial charge on any atom is -0.493 e. The van der Waals surface area contributed by atoms with Gasteiger partial charge in [-0.05, 0) is 49.2 Å². The fourth-order valence-electron chi connectivity index (χ4n) is 2.88. The van der Waals surface area contributed by atoms with Gasteiger partial charge < -0.3 is 18.9 Å². The van der Waals surface area contributed by atoms with E-state index in [1.165, 1.54) is 0 Å². The van der Waals surface area contributed by atoms with Crippen molar-refractivity contribution < 1.29 is 18.9 Å². The number of benzene rings is 2. The fourth-order valence-corrected chi connectivity index (χ4v) is 2.88. The van der Waals surface area contributed by atoms with Crippen LogP contribution in [0.1, 0.15) is 37.3 Å². The van der Waals surface area contributed by atoms with Gasteiger partial charge in [-0.15, -0.1) is 0 Å². The third-order valence-corrected chi connectivity index (χ3v) is 4.08. The molecule has 2 aromatic rings. The van der Waals surface area contributed by atoms with Crippen LogP contribution in [0, 0.1) is 11.3 Å². The van der Waals surface area contributed by atoms with Gasteiger partial charge in [0.05, 0.1) is 33.5 Å². The van der Waals surface area contributed by atoms with Crippen LogP contribution in [0.2, 0.25) is 0 Å². The normalized spacial score (nSPS) is 10.3. The summed E-state index contributed by atoms with van der Waals surface area (Å²) in [5.74, 6) is 2.60. The van der Waals surface area contributed by atoms with Crippen LogP contribution in [0.25, 0.3) is 0 Å². The van der Waals surface area contributed by atoms with Crippen molar-refractivity contribution in [1.29, 1.82) is 5.26 Å². The average molecular weight is 355 g/mol. The van der Waals surface area contributed by atoms with Gasteiger partial charge in [-0.25, -0.2) is 0 Å². The first-order chi connectivity index (χ1) is 12.7. The van der Waals surface area contributed by atoms with Gasteiger partial charge in [0, 0.05) is 12.3 Å². The first-order valence-electron chi connectivity index (χ1n) is 8.66. The lowest BCUT2D eigenvalue weighted by Gasteiger charge is -2.19. The topological polar surface area (TPSA) is 60.7 Å². The van der Waals surface area contributed by atoms with E-state index in [4.69, 9.17) is 18.9 Å². The van der Waals surface area contributed by atoms with Crippen LogP contribution >= 0.6 is 0 Å². The van der Waals surface area contributed by atoms with Crippen LogP contribution in [-0.2, 0) is 0 Å². The van der Waals surface area contributed by atoms with Crippen molar-refractivity contribution in [3.63, 3.8) is 0 Å². The summed E-state index contributed by atoms with van der Waals surface area (Å²) in [7, 11) is 3.23. The zero-order valence-electron chi connectivity index (χ0n) is 15.7. The molecule has 2 aromatic carbocycles. The van der Waals surface area contributed by atoms with Gasteiger partial charge in [-0.1, -0.05) is 12.1 Å². The molecule has 0 unspecified atom stereocenters. The van der Waals surface area contributed by atoms with Crippen LogP contribution in [0.3, 0.4) is 0 Å². The summed E-state index contributed by atoms with van der Waals surface area (Å²) in [6.07, 6.45) is 0.343. The number of ether oxygens (including phenoxy) is 4. The summed E-state index contributed by atoms with van der Waals surface area (Å²) in [6, 6.07) is 13.8. The van der Waals surface area contributed by atoms with E-state index in [2.05, 4.69) is 6.07 Å². The maximum Gasteiger partial charge on any atom is 0.161 e. The molecule has 5 nitrogen and oxygen atoms in total. The first-order valence-corrected chi connectivity index (χ1v) is 8.66. The molecular formula is C21H25NO4. The van der Waals surface area contributed by atoms with Crippen LogP contribution in [0.4, 0.5) is 0 Å². The Kier molecular flexibility index (Phi) is 7.16. The molecule has 26 heavy (non-hydrogen) atoms. The van der Waals surface area contributed by atoms with Crippen molar-refractivity contribution in [2.24, 2.45) is 0 Å². The van der Waals surface area contributed by atoms with Crippen molar-refractivity contribution in [2.45, 2.75) is 26.2 Å². The lowest BCUT2D eigenvalue weighted by atomic mass is 9.88. The highest BCUT2D eigenvalue weighted by atomic mass is 16.5. The zero-order chi connectivity index (χ0) is 18.9. The molecule has 2 rings (SSSR count). The lowest BCUT2D eigenvalue weighted by Crippen LogP contribution is -2.04. The SMILES string of the molecule is CCOc1cc(C(CC#N)c2ccc(OC)c(OCC)c2)ccc1OC. The predicted octanol–water partition coefficient (Wildman–Crippen LogP) is 4.55. The van der Waals surface area contributed by atoms with Gasteiger partial charge in [0.2, 0.25) is 0 Å². The molecule has 0 N–H and O–H groups in total. The van der Waals surface area contributed by atoms with E-state index in [1.807, 2.05) is 50.2 Å². The van der Waals surface area contributed by atoms with Crippen LogP contribution in [0.15, 0.2) is 36.4 Å². The summed E-state index contributed by atoms with van der Waals surface area (Å²) in [5, 5.41) is 9.34. The summed E-state index contributed by atoms with van der Waals surface area (Å²) in [6.45, 7) is 4.94. The van der Waals surface area contributed by atoms with Crippen LogP contribution in [-0.4, -0.2) is 27.4 Å². The van der Waals surface area contributed by atoms with Crippen molar-refractivity contribution in [1.82, 2.24) is 0 Å². The maximum atomic E-state index is 9.34. The quantitative estimate of drug-likeness (QED) is 0.660. The monoisotopic (exact) mass is 355 g/mol. The van der Waals surface area contributed by atoms with Crippen molar-refractivity contribution in [3.8, 4) is 29.1 Å². The Morgan fingerprint density at radius 1 is 0.808 bits per heavy atom. The smallest absolute Gasteiger partial charge is 0.161 e. The fraction of sp³-hybridized carbons (Fsp3) is 0.381. The Bertz CT molecular complexity index is 710. The Balaban J connectivity index is 2.47. The molecule has 0 heterocycles. The number of nitriles is 1. The van der Waals surface area contributed by atoms with E-state index < -0.39 is 0 Å². The molecule has 0 aromatic heterocycles. The molecule has 0 amide bonds. The minimum atomic E-state index is -0.102. The zero-order valence-corrected chi connectivity index (χ0v) is 15.7. The second-order valence-electron chi connectivity index (χ2n) is 5.60. The first kappa shape index (κ1) is 19.5. The second kappa shape index (κ2) is 9.57. The lowest BCUT2D eigenvalue weighted by molar-refractivity contribution is 0.310.